The van der Waals surface area contributed by atoms with Crippen molar-refractivity contribution in [2.75, 3.05) is 56.0 Å². The van der Waals surface area contributed by atoms with Crippen LogP contribution in [0, 0.1) is 4.91 Å². The van der Waals surface area contributed by atoms with Gasteiger partial charge in [-0.25, -0.2) is 0 Å². The van der Waals surface area contributed by atoms with Gasteiger partial charge in [0.2, 0.25) is 5.91 Å². The summed E-state index contributed by atoms with van der Waals surface area (Å²) in [7, 11) is 0. The molecule has 1 amide bonds. The monoisotopic (exact) mass is 545 g/mol. The quantitative estimate of drug-likeness (QED) is 0.411. The van der Waals surface area contributed by atoms with Gasteiger partial charge in [-0.3, -0.25) is 9.69 Å². The molecule has 2 heterocycles. The average molecular weight is 546 g/mol. The van der Waals surface area contributed by atoms with Crippen molar-refractivity contribution in [2.45, 2.75) is 57.7 Å². The maximum atomic E-state index is 13.2. The Morgan fingerprint density at radius 3 is 2.31 bits per heavy atom. The number of carbonyl (C=O) groups excluding carboxylic acids is 1. The fourth-order valence-corrected chi connectivity index (χ4v) is 5.29. The topological polar surface area (TPSA) is 68.2 Å². The number of amides is 1. The summed E-state index contributed by atoms with van der Waals surface area (Å²) in [5, 5.41) is 5.55. The first-order valence-corrected chi connectivity index (χ1v) is 13.6. The van der Waals surface area contributed by atoms with Crippen LogP contribution in [0.25, 0.3) is 0 Å². The highest BCUT2D eigenvalue weighted by molar-refractivity contribution is 5.76. The number of piperazine rings is 1. The Bertz CT molecular complexity index is 1140. The zero-order valence-electron chi connectivity index (χ0n) is 22.9. The number of nitrogens with one attached hydrogen (secondary N) is 1. The number of anilines is 2. The van der Waals surface area contributed by atoms with Crippen LogP contribution in [0.2, 0.25) is 0 Å². The molecule has 0 unspecified atom stereocenters. The highest BCUT2D eigenvalue weighted by atomic mass is 19.4. The number of carbonyl (C=O) groups is 1. The van der Waals surface area contributed by atoms with Crippen molar-refractivity contribution in [3.05, 3.63) is 58.5 Å². The summed E-state index contributed by atoms with van der Waals surface area (Å²) >= 11 is 0. The molecule has 0 bridgehead atoms. The molecule has 2 aliphatic heterocycles. The van der Waals surface area contributed by atoms with Crippen molar-refractivity contribution in [1.29, 1.82) is 0 Å². The van der Waals surface area contributed by atoms with Crippen LogP contribution >= 0.6 is 0 Å². The van der Waals surface area contributed by atoms with Crippen LogP contribution in [0.4, 0.5) is 30.2 Å². The molecule has 0 aliphatic carbocycles. The summed E-state index contributed by atoms with van der Waals surface area (Å²) in [4.78, 5) is 30.1. The summed E-state index contributed by atoms with van der Waals surface area (Å²) in [6, 6.07) is 12.1. The molecule has 1 atom stereocenters. The maximum absolute atomic E-state index is 13.2. The van der Waals surface area contributed by atoms with Gasteiger partial charge in [0.15, 0.2) is 0 Å². The molecule has 212 valence electrons. The zero-order chi connectivity index (χ0) is 28.2. The van der Waals surface area contributed by atoms with E-state index in [1.54, 1.807) is 4.90 Å². The van der Waals surface area contributed by atoms with E-state index in [0.29, 0.717) is 25.9 Å². The second-order valence-corrected chi connectivity index (χ2v) is 11.5. The Hall–Kier alpha value is -3.14. The third-order valence-corrected chi connectivity index (χ3v) is 7.65. The van der Waals surface area contributed by atoms with Crippen LogP contribution in [0.3, 0.4) is 0 Å². The van der Waals surface area contributed by atoms with E-state index in [4.69, 9.17) is 0 Å². The SMILES string of the molecule is CC(C)(C)c1ccc(N2CCN(CCCC(=O)N3CC[C@H](Nc4ccc(N=O)c(C(F)(F)F)c4)C3)CC2)cc1. The Labute approximate surface area is 228 Å². The van der Waals surface area contributed by atoms with Gasteiger partial charge >= 0.3 is 6.18 Å². The summed E-state index contributed by atoms with van der Waals surface area (Å²) in [6.45, 7) is 12.4. The van der Waals surface area contributed by atoms with E-state index in [9.17, 15) is 22.9 Å². The number of benzene rings is 2. The molecular formula is C29H38F3N5O2. The molecule has 2 fully saturated rings. The van der Waals surface area contributed by atoms with Gasteiger partial charge in [0.25, 0.3) is 0 Å². The van der Waals surface area contributed by atoms with E-state index < -0.39 is 17.4 Å². The molecule has 10 heteroatoms. The van der Waals surface area contributed by atoms with Gasteiger partial charge in [-0.1, -0.05) is 32.9 Å². The van der Waals surface area contributed by atoms with E-state index >= 15 is 0 Å². The number of hydrogen-bond acceptors (Lipinski definition) is 6. The summed E-state index contributed by atoms with van der Waals surface area (Å²) < 4.78 is 39.6. The van der Waals surface area contributed by atoms with Crippen molar-refractivity contribution < 1.29 is 18.0 Å². The standard InChI is InChI=1S/C29H38F3N5O2/c1-28(2,3)21-6-9-24(10-7-21)36-17-15-35(16-18-36)13-4-5-27(38)37-14-12-23(20-37)33-22-8-11-26(34-39)25(19-22)29(30,31)32/h6-11,19,23,33H,4-5,12-18,20H2,1-3H3/t23-/m0/s1. The molecule has 0 saturated carbocycles. The first-order chi connectivity index (χ1) is 18.4. The minimum absolute atomic E-state index is 0.0772. The maximum Gasteiger partial charge on any atom is 0.418 e. The first-order valence-electron chi connectivity index (χ1n) is 13.6. The van der Waals surface area contributed by atoms with Crippen LogP contribution in [0.1, 0.15) is 51.2 Å². The van der Waals surface area contributed by atoms with Gasteiger partial charge in [-0.2, -0.15) is 13.2 Å². The lowest BCUT2D eigenvalue weighted by Gasteiger charge is -2.36. The molecule has 2 saturated heterocycles. The number of likely N-dealkylation sites (tertiary alicyclic amines) is 1. The van der Waals surface area contributed by atoms with E-state index in [2.05, 4.69) is 65.3 Å². The summed E-state index contributed by atoms with van der Waals surface area (Å²) in [6.07, 6.45) is -2.77. The Morgan fingerprint density at radius 1 is 1.00 bits per heavy atom. The van der Waals surface area contributed by atoms with Gasteiger partial charge in [-0.05, 0) is 65.9 Å². The molecule has 2 aromatic rings. The molecule has 0 radical (unpaired) electrons. The van der Waals surface area contributed by atoms with E-state index in [-0.39, 0.29) is 23.1 Å². The van der Waals surface area contributed by atoms with Gasteiger partial charge in [0, 0.05) is 63.1 Å². The largest absolute Gasteiger partial charge is 0.418 e. The molecule has 4 rings (SSSR count). The number of nitroso groups, excluding NO2 is 1. The number of halogens is 3. The zero-order valence-corrected chi connectivity index (χ0v) is 22.9. The Balaban J connectivity index is 1.18. The van der Waals surface area contributed by atoms with Crippen molar-refractivity contribution in [2.24, 2.45) is 5.18 Å². The first kappa shape index (κ1) is 28.9. The second kappa shape index (κ2) is 11.9. The Morgan fingerprint density at radius 2 is 1.69 bits per heavy atom. The van der Waals surface area contributed by atoms with Crippen LogP contribution in [0.15, 0.2) is 47.6 Å². The van der Waals surface area contributed by atoms with Crippen molar-refractivity contribution in [3.8, 4) is 0 Å². The highest BCUT2D eigenvalue weighted by Crippen LogP contribution is 2.38. The molecular weight excluding hydrogens is 507 g/mol. The lowest BCUT2D eigenvalue weighted by Crippen LogP contribution is -2.46. The van der Waals surface area contributed by atoms with Crippen molar-refractivity contribution in [1.82, 2.24) is 9.80 Å². The lowest BCUT2D eigenvalue weighted by atomic mass is 9.87. The number of hydrogen-bond donors (Lipinski definition) is 1. The van der Waals surface area contributed by atoms with Crippen LogP contribution < -0.4 is 10.2 Å². The number of rotatable bonds is 8. The van der Waals surface area contributed by atoms with Gasteiger partial charge in [0.05, 0.1) is 5.56 Å². The normalized spacial score (nSPS) is 18.9. The Kier molecular flexibility index (Phi) is 8.83. The van der Waals surface area contributed by atoms with Gasteiger partial charge < -0.3 is 15.1 Å². The highest BCUT2D eigenvalue weighted by Gasteiger charge is 2.35. The number of alkyl halides is 3. The third kappa shape index (κ3) is 7.50. The summed E-state index contributed by atoms with van der Waals surface area (Å²) in [5.74, 6) is 0.0772. The predicted octanol–water partition coefficient (Wildman–Crippen LogP) is 6.02. The molecule has 2 aromatic carbocycles. The molecule has 0 aromatic heterocycles. The minimum Gasteiger partial charge on any atom is -0.380 e. The molecule has 2 aliphatic rings. The van der Waals surface area contributed by atoms with Gasteiger partial charge in [0.1, 0.15) is 5.69 Å². The average Bonchev–Trinajstić information content (AvgIpc) is 3.37. The molecule has 0 spiro atoms. The third-order valence-electron chi connectivity index (χ3n) is 7.65. The molecule has 1 N–H and O–H groups in total. The minimum atomic E-state index is -4.66. The number of nitrogens with zero attached hydrogens (tertiary/aromatic N) is 4. The summed E-state index contributed by atoms with van der Waals surface area (Å²) in [5.41, 5.74) is 1.29. The molecule has 39 heavy (non-hydrogen) atoms. The predicted molar refractivity (Wildman–Crippen MR) is 149 cm³/mol. The van der Waals surface area contributed by atoms with Crippen molar-refractivity contribution in [3.63, 3.8) is 0 Å². The smallest absolute Gasteiger partial charge is 0.380 e. The van der Waals surface area contributed by atoms with E-state index in [1.807, 2.05) is 0 Å². The fourth-order valence-electron chi connectivity index (χ4n) is 5.29. The van der Waals surface area contributed by atoms with Gasteiger partial charge in [-0.15, -0.1) is 4.91 Å². The molecule has 7 nitrogen and oxygen atoms in total. The van der Waals surface area contributed by atoms with E-state index in [0.717, 1.165) is 51.3 Å². The lowest BCUT2D eigenvalue weighted by molar-refractivity contribution is -0.137. The van der Waals surface area contributed by atoms with Crippen LogP contribution in [-0.4, -0.2) is 67.6 Å². The van der Waals surface area contributed by atoms with Crippen molar-refractivity contribution >= 4 is 23.0 Å². The van der Waals surface area contributed by atoms with Crippen LogP contribution in [-0.2, 0) is 16.4 Å². The fraction of sp³-hybridized carbons (Fsp3) is 0.552. The van der Waals surface area contributed by atoms with E-state index in [1.165, 1.54) is 17.3 Å². The second-order valence-electron chi connectivity index (χ2n) is 11.5. The van der Waals surface area contributed by atoms with Crippen LogP contribution in [0.5, 0.6) is 0 Å².